The molecule has 0 saturated heterocycles. The summed E-state index contributed by atoms with van der Waals surface area (Å²) in [6.07, 6.45) is 0. The molecule has 0 aliphatic rings. The quantitative estimate of drug-likeness (QED) is 0.168. The lowest BCUT2D eigenvalue weighted by Crippen LogP contribution is -2.03. The Kier molecular flexibility index (Phi) is 7.85. The summed E-state index contributed by atoms with van der Waals surface area (Å²) in [5.41, 5.74) is 15.7. The molecule has 66 heavy (non-hydrogen) atoms. The lowest BCUT2D eigenvalue weighted by molar-refractivity contribution is 1.01. The highest BCUT2D eigenvalue weighted by Gasteiger charge is 2.25. The standard InChI is InChI=1S/C59H37N7/c1-4-18-38(19-5-1)57-56(62-59-64(42-22-8-3-9-23-42)53-30-16-17-31-54(53)66(57)59)40-33-35-52-47(37-40)44-25-12-15-29-50(44)65(52)58-60-48-27-13-10-26-45(48)55(61-58)39-32-34-51-46(36-39)43-24-11-14-28-49(43)63(51)41-20-6-2-7-21-41/h1-37H. The molecule has 14 rings (SSSR count). The molecule has 0 aliphatic carbocycles. The van der Waals surface area contributed by atoms with Crippen molar-refractivity contribution >= 4 is 71.3 Å². The van der Waals surface area contributed by atoms with Crippen molar-refractivity contribution in [1.29, 1.82) is 0 Å². The van der Waals surface area contributed by atoms with Crippen molar-refractivity contribution in [2.45, 2.75) is 0 Å². The van der Waals surface area contributed by atoms with E-state index < -0.39 is 0 Å². The number of aromatic nitrogens is 7. The van der Waals surface area contributed by atoms with Crippen LogP contribution in [0.4, 0.5) is 0 Å². The van der Waals surface area contributed by atoms with E-state index in [9.17, 15) is 0 Å². The number of nitrogens with zero attached hydrogens (tertiary/aromatic N) is 7. The first-order valence-electron chi connectivity index (χ1n) is 22.3. The zero-order chi connectivity index (χ0) is 43.3. The molecule has 0 radical (unpaired) electrons. The van der Waals surface area contributed by atoms with Gasteiger partial charge in [-0.1, -0.05) is 146 Å². The van der Waals surface area contributed by atoms with Gasteiger partial charge in [0.2, 0.25) is 11.7 Å². The van der Waals surface area contributed by atoms with E-state index >= 15 is 0 Å². The normalized spacial score (nSPS) is 11.9. The minimum absolute atomic E-state index is 0.621. The molecule has 0 spiro atoms. The fraction of sp³-hybridized carbons (Fsp3) is 0. The second-order valence-electron chi connectivity index (χ2n) is 16.9. The van der Waals surface area contributed by atoms with Crippen LogP contribution >= 0.6 is 0 Å². The van der Waals surface area contributed by atoms with Crippen LogP contribution in [0.5, 0.6) is 0 Å². The van der Waals surface area contributed by atoms with E-state index in [4.69, 9.17) is 15.0 Å². The van der Waals surface area contributed by atoms with Crippen molar-refractivity contribution in [3.8, 4) is 51.1 Å². The number of imidazole rings is 2. The molecule has 0 fully saturated rings. The Bertz CT molecular complexity index is 4210. The monoisotopic (exact) mass is 843 g/mol. The second-order valence-corrected chi connectivity index (χ2v) is 16.9. The summed E-state index contributed by atoms with van der Waals surface area (Å²) < 4.78 is 9.16. The molecule has 5 aromatic heterocycles. The third-order valence-electron chi connectivity index (χ3n) is 13.2. The predicted molar refractivity (Wildman–Crippen MR) is 270 cm³/mol. The van der Waals surface area contributed by atoms with Gasteiger partial charge in [-0.3, -0.25) is 13.5 Å². The number of rotatable bonds is 6. The summed E-state index contributed by atoms with van der Waals surface area (Å²) in [6.45, 7) is 0. The summed E-state index contributed by atoms with van der Waals surface area (Å²) in [5.74, 6) is 1.48. The summed E-state index contributed by atoms with van der Waals surface area (Å²) in [5, 5.41) is 5.60. The number of fused-ring (bicyclic) bond motifs is 10. The Morgan fingerprint density at radius 1 is 0.288 bits per heavy atom. The molecule has 5 heterocycles. The van der Waals surface area contributed by atoms with Crippen molar-refractivity contribution in [2.75, 3.05) is 0 Å². The van der Waals surface area contributed by atoms with Crippen LogP contribution in [0.1, 0.15) is 0 Å². The van der Waals surface area contributed by atoms with Crippen molar-refractivity contribution in [2.24, 2.45) is 0 Å². The minimum atomic E-state index is 0.621. The highest BCUT2D eigenvalue weighted by Crippen LogP contribution is 2.42. The molecule has 0 N–H and O–H groups in total. The van der Waals surface area contributed by atoms with Gasteiger partial charge in [0.15, 0.2) is 0 Å². The Morgan fingerprint density at radius 3 is 1.44 bits per heavy atom. The van der Waals surface area contributed by atoms with Crippen LogP contribution in [0.25, 0.3) is 122 Å². The Labute approximate surface area is 378 Å². The molecule has 0 unspecified atom stereocenters. The molecular weight excluding hydrogens is 807 g/mol. The molecule has 0 atom stereocenters. The van der Waals surface area contributed by atoms with E-state index in [0.717, 1.165) is 100 Å². The van der Waals surface area contributed by atoms with Crippen LogP contribution in [0.3, 0.4) is 0 Å². The Hall–Kier alpha value is -9.07. The summed E-state index contributed by atoms with van der Waals surface area (Å²) in [4.78, 5) is 16.4. The number of hydrogen-bond donors (Lipinski definition) is 0. The van der Waals surface area contributed by atoms with Gasteiger partial charge in [0.1, 0.15) is 0 Å². The molecule has 7 heteroatoms. The molecule has 308 valence electrons. The van der Waals surface area contributed by atoms with Gasteiger partial charge in [-0.2, -0.15) is 0 Å². The molecule has 0 aliphatic heterocycles. The SMILES string of the molecule is c1ccc(-c2c(-c3ccc4c(c3)c3ccccc3n4-c3nc(-c4ccc5c(c4)c4ccccc4n5-c4ccccc4)c4ccccc4n3)nc3n(-c4ccccc4)c4ccccc4n23)cc1. The van der Waals surface area contributed by atoms with Crippen LogP contribution < -0.4 is 0 Å². The molecule has 0 saturated carbocycles. The molecule has 14 aromatic rings. The molecule has 0 bridgehead atoms. The Balaban J connectivity index is 0.988. The predicted octanol–water partition coefficient (Wildman–Crippen LogP) is 14.4. The van der Waals surface area contributed by atoms with Gasteiger partial charge >= 0.3 is 0 Å². The van der Waals surface area contributed by atoms with Crippen LogP contribution in [0.15, 0.2) is 224 Å². The van der Waals surface area contributed by atoms with Gasteiger partial charge < -0.3 is 4.57 Å². The summed E-state index contributed by atoms with van der Waals surface area (Å²) in [7, 11) is 0. The van der Waals surface area contributed by atoms with E-state index in [-0.39, 0.29) is 0 Å². The largest absolute Gasteiger partial charge is 0.309 e. The smallest absolute Gasteiger partial charge is 0.235 e. The molecule has 0 amide bonds. The molecule has 9 aromatic carbocycles. The molecular formula is C59H37N7. The van der Waals surface area contributed by atoms with E-state index in [1.54, 1.807) is 0 Å². The van der Waals surface area contributed by atoms with Crippen molar-refractivity contribution in [3.05, 3.63) is 224 Å². The van der Waals surface area contributed by atoms with Crippen LogP contribution in [0, 0.1) is 0 Å². The average molecular weight is 844 g/mol. The van der Waals surface area contributed by atoms with Gasteiger partial charge in [0.25, 0.3) is 0 Å². The highest BCUT2D eigenvalue weighted by atomic mass is 15.2. The van der Waals surface area contributed by atoms with Crippen molar-refractivity contribution in [1.82, 2.24) is 33.1 Å². The van der Waals surface area contributed by atoms with Crippen molar-refractivity contribution in [3.63, 3.8) is 0 Å². The van der Waals surface area contributed by atoms with Crippen molar-refractivity contribution < 1.29 is 0 Å². The Morgan fingerprint density at radius 2 is 0.773 bits per heavy atom. The number of benzene rings is 9. The van der Waals surface area contributed by atoms with Gasteiger partial charge in [-0.25, -0.2) is 15.0 Å². The highest BCUT2D eigenvalue weighted by molar-refractivity contribution is 6.12. The third-order valence-corrected chi connectivity index (χ3v) is 13.2. The zero-order valence-electron chi connectivity index (χ0n) is 35.5. The zero-order valence-corrected chi connectivity index (χ0v) is 35.5. The first-order chi connectivity index (χ1) is 32.8. The minimum Gasteiger partial charge on any atom is -0.309 e. The molecule has 7 nitrogen and oxygen atoms in total. The number of para-hydroxylation sites is 7. The maximum atomic E-state index is 5.56. The maximum absolute atomic E-state index is 5.56. The topological polar surface area (TPSA) is 57.9 Å². The first-order valence-corrected chi connectivity index (χ1v) is 22.3. The van der Waals surface area contributed by atoms with Gasteiger partial charge in [0.05, 0.1) is 55.7 Å². The lowest BCUT2D eigenvalue weighted by atomic mass is 10.0. The lowest BCUT2D eigenvalue weighted by Gasteiger charge is -2.12. The fourth-order valence-corrected chi connectivity index (χ4v) is 10.3. The second kappa shape index (κ2) is 14.2. The maximum Gasteiger partial charge on any atom is 0.235 e. The van der Waals surface area contributed by atoms with Crippen LogP contribution in [0.2, 0.25) is 0 Å². The third kappa shape index (κ3) is 5.34. The summed E-state index contributed by atoms with van der Waals surface area (Å²) >= 11 is 0. The van der Waals surface area contributed by atoms with Gasteiger partial charge in [-0.05, 0) is 78.9 Å². The fourth-order valence-electron chi connectivity index (χ4n) is 10.3. The van der Waals surface area contributed by atoms with E-state index in [2.05, 4.69) is 243 Å². The van der Waals surface area contributed by atoms with Crippen LogP contribution in [-0.4, -0.2) is 33.1 Å². The first kappa shape index (κ1) is 36.4. The van der Waals surface area contributed by atoms with E-state index in [0.29, 0.717) is 5.95 Å². The van der Waals surface area contributed by atoms with Gasteiger partial charge in [-0.15, -0.1) is 0 Å². The number of hydrogen-bond acceptors (Lipinski definition) is 3. The average Bonchev–Trinajstić information content (AvgIpc) is 4.12. The van der Waals surface area contributed by atoms with E-state index in [1.807, 2.05) is 0 Å². The van der Waals surface area contributed by atoms with E-state index in [1.165, 1.54) is 16.3 Å². The summed E-state index contributed by atoms with van der Waals surface area (Å²) in [6, 6.07) is 79.4. The van der Waals surface area contributed by atoms with Gasteiger partial charge in [0, 0.05) is 55.0 Å². The van der Waals surface area contributed by atoms with Crippen LogP contribution in [-0.2, 0) is 0 Å².